The van der Waals surface area contributed by atoms with Gasteiger partial charge >= 0.3 is 0 Å². The van der Waals surface area contributed by atoms with Gasteiger partial charge in [-0.15, -0.1) is 0 Å². The maximum absolute atomic E-state index is 14.3. The van der Waals surface area contributed by atoms with Crippen molar-refractivity contribution in [3.63, 3.8) is 0 Å². The summed E-state index contributed by atoms with van der Waals surface area (Å²) in [5, 5.41) is 6.70. The van der Waals surface area contributed by atoms with Crippen LogP contribution in [-0.4, -0.2) is 46.4 Å². The van der Waals surface area contributed by atoms with Crippen LogP contribution >= 0.6 is 11.6 Å². The molecule has 1 saturated carbocycles. The third kappa shape index (κ3) is 5.16. The number of nitrogens with one attached hydrogen (secondary N) is 2. The van der Waals surface area contributed by atoms with Crippen molar-refractivity contribution in [1.29, 1.82) is 0 Å². The molecule has 8 nitrogen and oxygen atoms in total. The van der Waals surface area contributed by atoms with Gasteiger partial charge in [0.15, 0.2) is 0 Å². The summed E-state index contributed by atoms with van der Waals surface area (Å²) in [6, 6.07) is 22.9. The first-order chi connectivity index (χ1) is 21.4. The van der Waals surface area contributed by atoms with Crippen molar-refractivity contribution in [2.75, 3.05) is 5.32 Å². The summed E-state index contributed by atoms with van der Waals surface area (Å²) < 4.78 is 12.4. The van der Waals surface area contributed by atoms with Crippen LogP contribution in [0.3, 0.4) is 0 Å². The van der Waals surface area contributed by atoms with E-state index in [4.69, 9.17) is 21.1 Å². The first kappa shape index (κ1) is 28.6. The molecule has 3 aromatic carbocycles. The van der Waals surface area contributed by atoms with Crippen LogP contribution in [-0.2, 0) is 25.7 Å². The summed E-state index contributed by atoms with van der Waals surface area (Å²) in [6.45, 7) is 0.137. The lowest BCUT2D eigenvalue weighted by Gasteiger charge is -2.34. The van der Waals surface area contributed by atoms with E-state index in [0.717, 1.165) is 37.7 Å². The largest absolute Gasteiger partial charge is 0.457 e. The van der Waals surface area contributed by atoms with Crippen molar-refractivity contribution in [1.82, 2.24) is 10.2 Å². The Morgan fingerprint density at radius 2 is 1.61 bits per heavy atom. The number of benzene rings is 3. The molecule has 0 aromatic heterocycles. The van der Waals surface area contributed by atoms with Crippen LogP contribution in [0.4, 0.5) is 5.69 Å². The van der Waals surface area contributed by atoms with Gasteiger partial charge in [0.2, 0.25) is 17.7 Å². The highest BCUT2D eigenvalue weighted by molar-refractivity contribution is 6.31. The van der Waals surface area contributed by atoms with E-state index in [9.17, 15) is 14.4 Å². The maximum atomic E-state index is 14.3. The molecule has 3 aliphatic heterocycles. The minimum Gasteiger partial charge on any atom is -0.457 e. The van der Waals surface area contributed by atoms with Crippen LogP contribution < -0.4 is 15.4 Å². The number of amides is 3. The first-order valence-electron chi connectivity index (χ1n) is 15.3. The number of halogens is 1. The van der Waals surface area contributed by atoms with Crippen LogP contribution in [0.5, 0.6) is 11.5 Å². The SMILES string of the molecule is O=C(Nc1ccc(Oc2ccccc2)cc1)[C@@H]1[C@H]2C=C[C@@]3(O2)[C@H]1C(=O)N(Cc1ccccc1Cl)[C@@H]3C(=O)NC1CCCCC1. The Morgan fingerprint density at radius 3 is 2.36 bits per heavy atom. The van der Waals surface area contributed by atoms with Crippen LogP contribution in [0, 0.1) is 11.8 Å². The number of ether oxygens (including phenoxy) is 2. The predicted octanol–water partition coefficient (Wildman–Crippen LogP) is 5.87. The lowest BCUT2D eigenvalue weighted by Crippen LogP contribution is -2.56. The second-order valence-electron chi connectivity index (χ2n) is 12.0. The fraction of sp³-hybridized carbons (Fsp3) is 0.343. The van der Waals surface area contributed by atoms with Gasteiger partial charge in [-0.3, -0.25) is 14.4 Å². The van der Waals surface area contributed by atoms with E-state index in [1.165, 1.54) is 0 Å². The van der Waals surface area contributed by atoms with Gasteiger partial charge in [0.1, 0.15) is 23.1 Å². The lowest BCUT2D eigenvalue weighted by atomic mass is 9.74. The minimum absolute atomic E-state index is 0.0551. The molecule has 7 rings (SSSR count). The molecule has 226 valence electrons. The van der Waals surface area contributed by atoms with Crippen LogP contribution in [0.15, 0.2) is 91.0 Å². The van der Waals surface area contributed by atoms with E-state index in [1.807, 2.05) is 60.7 Å². The Hall–Kier alpha value is -4.14. The van der Waals surface area contributed by atoms with Crippen molar-refractivity contribution in [2.24, 2.45) is 11.8 Å². The fourth-order valence-electron chi connectivity index (χ4n) is 7.23. The molecule has 1 spiro atoms. The van der Waals surface area contributed by atoms with Crippen molar-refractivity contribution in [3.05, 3.63) is 102 Å². The second-order valence-corrected chi connectivity index (χ2v) is 12.4. The quantitative estimate of drug-likeness (QED) is 0.311. The van der Waals surface area contributed by atoms with Crippen molar-refractivity contribution in [3.8, 4) is 11.5 Å². The maximum Gasteiger partial charge on any atom is 0.246 e. The van der Waals surface area contributed by atoms with Gasteiger partial charge in [-0.2, -0.15) is 0 Å². The predicted molar refractivity (Wildman–Crippen MR) is 166 cm³/mol. The van der Waals surface area contributed by atoms with Crippen molar-refractivity contribution < 1.29 is 23.9 Å². The first-order valence-corrected chi connectivity index (χ1v) is 15.7. The molecule has 3 aromatic rings. The normalized spacial score (nSPS) is 27.3. The van der Waals surface area contributed by atoms with Gasteiger partial charge in [-0.1, -0.05) is 79.4 Å². The van der Waals surface area contributed by atoms with Gasteiger partial charge in [-0.25, -0.2) is 0 Å². The highest BCUT2D eigenvalue weighted by Crippen LogP contribution is 2.55. The Bertz CT molecular complexity index is 1590. The molecule has 4 aliphatic rings. The minimum atomic E-state index is -1.24. The Balaban J connectivity index is 1.14. The molecule has 2 bridgehead atoms. The van der Waals surface area contributed by atoms with E-state index in [0.29, 0.717) is 22.2 Å². The smallest absolute Gasteiger partial charge is 0.246 e. The number of para-hydroxylation sites is 1. The summed E-state index contributed by atoms with van der Waals surface area (Å²) in [6.07, 6.45) is 8.14. The fourth-order valence-corrected chi connectivity index (χ4v) is 7.43. The van der Waals surface area contributed by atoms with E-state index in [2.05, 4.69) is 10.6 Å². The highest BCUT2D eigenvalue weighted by atomic mass is 35.5. The Morgan fingerprint density at radius 1 is 0.909 bits per heavy atom. The van der Waals surface area contributed by atoms with E-state index < -0.39 is 29.6 Å². The molecule has 0 unspecified atom stereocenters. The lowest BCUT2D eigenvalue weighted by molar-refractivity contribution is -0.142. The Labute approximate surface area is 261 Å². The number of rotatable bonds is 8. The van der Waals surface area contributed by atoms with E-state index >= 15 is 0 Å². The third-order valence-electron chi connectivity index (χ3n) is 9.28. The summed E-state index contributed by atoms with van der Waals surface area (Å²) in [5.74, 6) is -1.16. The zero-order chi connectivity index (χ0) is 30.3. The van der Waals surface area contributed by atoms with Crippen molar-refractivity contribution in [2.45, 2.75) is 62.4 Å². The molecule has 44 heavy (non-hydrogen) atoms. The summed E-state index contributed by atoms with van der Waals surface area (Å²) in [5.41, 5.74) is 0.0600. The summed E-state index contributed by atoms with van der Waals surface area (Å²) in [7, 11) is 0. The number of fused-ring (bicyclic) bond motifs is 1. The average molecular weight is 612 g/mol. The average Bonchev–Trinajstić information content (AvgIpc) is 3.68. The molecule has 3 amide bonds. The number of anilines is 1. The molecular formula is C35H34ClN3O5. The molecule has 1 aliphatic carbocycles. The second kappa shape index (κ2) is 11.7. The monoisotopic (exact) mass is 611 g/mol. The molecule has 2 N–H and O–H groups in total. The standard InChI is InChI=1S/C35H34ClN3O5/c36-27-14-8-7-9-22(27)21-39-31(33(41)38-23-10-3-1-4-11-23)35-20-19-28(44-35)29(30(35)34(39)42)32(40)37-24-15-17-26(18-16-24)43-25-12-5-2-6-13-25/h2,5-9,12-20,23,28-31H,1,3-4,10-11,21H2,(H,37,40)(H,38,41)/t28-,29-,30-,31-,35-/m1/s1. The van der Waals surface area contributed by atoms with Crippen LogP contribution in [0.25, 0.3) is 0 Å². The number of carbonyl (C=O) groups is 3. The summed E-state index contributed by atoms with van der Waals surface area (Å²) >= 11 is 6.50. The topological polar surface area (TPSA) is 97.0 Å². The highest BCUT2D eigenvalue weighted by Gasteiger charge is 2.72. The van der Waals surface area contributed by atoms with Gasteiger partial charge < -0.3 is 25.0 Å². The van der Waals surface area contributed by atoms with Crippen LogP contribution in [0.1, 0.15) is 37.7 Å². The molecular weight excluding hydrogens is 578 g/mol. The van der Waals surface area contributed by atoms with E-state index in [1.54, 1.807) is 35.2 Å². The van der Waals surface area contributed by atoms with Crippen LogP contribution in [0.2, 0.25) is 5.02 Å². The van der Waals surface area contributed by atoms with Gasteiger partial charge in [-0.05, 0) is 60.9 Å². The van der Waals surface area contributed by atoms with Gasteiger partial charge in [0, 0.05) is 23.3 Å². The molecule has 9 heteroatoms. The zero-order valence-corrected chi connectivity index (χ0v) is 24.9. The van der Waals surface area contributed by atoms with Gasteiger partial charge in [0.05, 0.1) is 17.9 Å². The molecule has 5 atom stereocenters. The Kier molecular flexibility index (Phi) is 7.64. The number of carbonyl (C=O) groups excluding carboxylic acids is 3. The molecule has 0 radical (unpaired) electrons. The zero-order valence-electron chi connectivity index (χ0n) is 24.2. The number of nitrogens with zero attached hydrogens (tertiary/aromatic N) is 1. The summed E-state index contributed by atoms with van der Waals surface area (Å²) in [4.78, 5) is 43.7. The molecule has 2 saturated heterocycles. The number of hydrogen-bond acceptors (Lipinski definition) is 5. The number of likely N-dealkylation sites (tertiary alicyclic amines) is 1. The number of hydrogen-bond donors (Lipinski definition) is 2. The third-order valence-corrected chi connectivity index (χ3v) is 9.64. The molecule has 3 heterocycles. The van der Waals surface area contributed by atoms with Gasteiger partial charge in [0.25, 0.3) is 0 Å². The van der Waals surface area contributed by atoms with Crippen molar-refractivity contribution >= 4 is 35.0 Å². The molecule has 3 fully saturated rings. The van der Waals surface area contributed by atoms with E-state index in [-0.39, 0.29) is 30.3 Å².